The lowest BCUT2D eigenvalue weighted by Crippen LogP contribution is -2.30. The summed E-state index contributed by atoms with van der Waals surface area (Å²) >= 11 is 0. The van der Waals surface area contributed by atoms with Crippen LogP contribution in [0, 0.1) is 0 Å². The lowest BCUT2D eigenvalue weighted by molar-refractivity contribution is -0.167. The Balaban J connectivity index is 4.39. The maximum absolute atomic E-state index is 12.8. The average molecular weight is 851 g/mol. The molecule has 0 saturated carbocycles. The summed E-state index contributed by atoms with van der Waals surface area (Å²) in [6.45, 7) is 6.43. The van der Waals surface area contributed by atoms with Gasteiger partial charge in [-0.15, -0.1) is 0 Å². The summed E-state index contributed by atoms with van der Waals surface area (Å²) in [6.07, 6.45) is 61.7. The summed E-state index contributed by atoms with van der Waals surface area (Å²) in [5, 5.41) is 0. The minimum absolute atomic E-state index is 0.0889. The first-order chi connectivity index (χ1) is 30.0. The van der Waals surface area contributed by atoms with Gasteiger partial charge in [0, 0.05) is 19.3 Å². The van der Waals surface area contributed by atoms with E-state index in [-0.39, 0.29) is 31.1 Å². The molecule has 0 aliphatic carbocycles. The highest BCUT2D eigenvalue weighted by Gasteiger charge is 2.19. The van der Waals surface area contributed by atoms with Gasteiger partial charge in [0.1, 0.15) is 13.2 Å². The fourth-order valence-electron chi connectivity index (χ4n) is 6.82. The highest BCUT2D eigenvalue weighted by atomic mass is 16.6. The largest absolute Gasteiger partial charge is 0.462 e. The molecule has 61 heavy (non-hydrogen) atoms. The Morgan fingerprint density at radius 1 is 0.344 bits per heavy atom. The Labute approximate surface area is 376 Å². The van der Waals surface area contributed by atoms with Gasteiger partial charge in [0.2, 0.25) is 0 Å². The first-order valence-corrected chi connectivity index (χ1v) is 25.4. The normalized spacial score (nSPS) is 12.6. The number of carbonyl (C=O) groups excluding carboxylic acids is 3. The molecule has 1 atom stereocenters. The molecule has 6 heteroatoms. The Morgan fingerprint density at radius 2 is 0.656 bits per heavy atom. The van der Waals surface area contributed by atoms with E-state index < -0.39 is 6.10 Å². The molecule has 0 fully saturated rings. The van der Waals surface area contributed by atoms with E-state index in [0.717, 1.165) is 122 Å². The molecule has 350 valence electrons. The fourth-order valence-corrected chi connectivity index (χ4v) is 6.82. The first-order valence-electron chi connectivity index (χ1n) is 25.4. The van der Waals surface area contributed by atoms with Gasteiger partial charge < -0.3 is 14.2 Å². The predicted molar refractivity (Wildman–Crippen MR) is 261 cm³/mol. The van der Waals surface area contributed by atoms with Crippen molar-refractivity contribution >= 4 is 17.9 Å². The summed E-state index contributed by atoms with van der Waals surface area (Å²) in [4.78, 5) is 37.9. The molecule has 6 nitrogen and oxygen atoms in total. The van der Waals surface area contributed by atoms with E-state index in [1.807, 2.05) is 0 Å². The van der Waals surface area contributed by atoms with Crippen molar-refractivity contribution in [3.63, 3.8) is 0 Å². The number of hydrogen-bond acceptors (Lipinski definition) is 6. The summed E-state index contributed by atoms with van der Waals surface area (Å²) in [6, 6.07) is 0. The molecule has 0 radical (unpaired) electrons. The van der Waals surface area contributed by atoms with Gasteiger partial charge in [0.25, 0.3) is 0 Å². The van der Waals surface area contributed by atoms with E-state index in [4.69, 9.17) is 14.2 Å². The van der Waals surface area contributed by atoms with Crippen molar-refractivity contribution in [1.82, 2.24) is 0 Å². The van der Waals surface area contributed by atoms with Crippen LogP contribution >= 0.6 is 0 Å². The van der Waals surface area contributed by atoms with Gasteiger partial charge in [0.15, 0.2) is 6.10 Å². The molecular weight excluding hydrogens is 757 g/mol. The molecule has 0 aliphatic rings. The van der Waals surface area contributed by atoms with Gasteiger partial charge in [0.05, 0.1) is 0 Å². The number of unbranched alkanes of at least 4 members (excludes halogenated alkanes) is 22. The standard InChI is InChI=1S/C55H94O6/c1-4-7-10-13-16-19-22-24-26-27-29-31-34-36-39-42-45-48-54(57)60-51-52(61-55(58)49-46-43-40-37-32-21-18-15-12-9-6-3)50-59-53(56)47-44-41-38-35-33-30-28-25-23-20-17-14-11-8-5-2/h8,11,15-20,24-26,28,52H,4-7,9-10,12-14,21-23,27,29-51H2,1-3H3/b11-8-,18-15-,19-16-,20-17-,26-24-,28-25-/t52-/m1/s1. The van der Waals surface area contributed by atoms with E-state index in [1.165, 1.54) is 77.0 Å². The molecule has 0 aliphatic heterocycles. The molecule has 0 saturated heterocycles. The van der Waals surface area contributed by atoms with Crippen LogP contribution < -0.4 is 0 Å². The highest BCUT2D eigenvalue weighted by molar-refractivity contribution is 5.71. The zero-order chi connectivity index (χ0) is 44.4. The van der Waals surface area contributed by atoms with Gasteiger partial charge >= 0.3 is 17.9 Å². The average Bonchev–Trinajstić information content (AvgIpc) is 3.26. The lowest BCUT2D eigenvalue weighted by atomic mass is 10.1. The highest BCUT2D eigenvalue weighted by Crippen LogP contribution is 2.14. The molecule has 0 aromatic carbocycles. The van der Waals surface area contributed by atoms with Crippen molar-refractivity contribution in [3.05, 3.63) is 72.9 Å². The Hall–Kier alpha value is -3.15. The molecule has 0 heterocycles. The number of hydrogen-bond donors (Lipinski definition) is 0. The maximum Gasteiger partial charge on any atom is 0.306 e. The Morgan fingerprint density at radius 3 is 1.07 bits per heavy atom. The van der Waals surface area contributed by atoms with Crippen LogP contribution in [-0.4, -0.2) is 37.2 Å². The van der Waals surface area contributed by atoms with Crippen molar-refractivity contribution in [2.75, 3.05) is 13.2 Å². The minimum atomic E-state index is -0.789. The van der Waals surface area contributed by atoms with Crippen LogP contribution in [0.4, 0.5) is 0 Å². The van der Waals surface area contributed by atoms with Crippen LogP contribution in [0.2, 0.25) is 0 Å². The molecule has 0 bridgehead atoms. The lowest BCUT2D eigenvalue weighted by Gasteiger charge is -2.18. The third-order valence-electron chi connectivity index (χ3n) is 10.7. The Kier molecular flexibility index (Phi) is 46.9. The molecule has 0 aromatic rings. The second-order valence-electron chi connectivity index (χ2n) is 16.7. The summed E-state index contributed by atoms with van der Waals surface area (Å²) < 4.78 is 16.8. The van der Waals surface area contributed by atoms with Gasteiger partial charge in [-0.2, -0.15) is 0 Å². The van der Waals surface area contributed by atoms with Gasteiger partial charge in [-0.1, -0.05) is 190 Å². The molecule has 0 rings (SSSR count). The van der Waals surface area contributed by atoms with Gasteiger partial charge in [-0.05, 0) is 103 Å². The van der Waals surface area contributed by atoms with E-state index in [1.54, 1.807) is 0 Å². The van der Waals surface area contributed by atoms with Gasteiger partial charge in [-0.3, -0.25) is 14.4 Å². The topological polar surface area (TPSA) is 78.9 Å². The van der Waals surface area contributed by atoms with Crippen LogP contribution in [0.1, 0.15) is 239 Å². The maximum atomic E-state index is 12.8. The molecule has 0 aromatic heterocycles. The summed E-state index contributed by atoms with van der Waals surface area (Å²) in [5.74, 6) is -0.924. The molecule has 0 unspecified atom stereocenters. The molecule has 0 amide bonds. The third-order valence-corrected chi connectivity index (χ3v) is 10.7. The van der Waals surface area contributed by atoms with Crippen molar-refractivity contribution in [3.8, 4) is 0 Å². The van der Waals surface area contributed by atoms with Crippen LogP contribution in [0.25, 0.3) is 0 Å². The van der Waals surface area contributed by atoms with Crippen LogP contribution in [-0.2, 0) is 28.6 Å². The summed E-state index contributed by atoms with van der Waals surface area (Å²) in [7, 11) is 0. The fraction of sp³-hybridized carbons (Fsp3) is 0.727. The number of esters is 3. The number of allylic oxidation sites excluding steroid dienone is 12. The molecular formula is C55H94O6. The SMILES string of the molecule is CC/C=C\C/C=C\C/C=C\CCCCCCCC(=O)OC[C@H](COC(=O)CCCCCCCCC/C=C\C/C=C\CCCCC)OC(=O)CCCCCCC/C=C\CCCC. The van der Waals surface area contributed by atoms with Crippen LogP contribution in [0.3, 0.4) is 0 Å². The van der Waals surface area contributed by atoms with E-state index in [2.05, 4.69) is 93.7 Å². The zero-order valence-electron chi connectivity index (χ0n) is 39.9. The number of ether oxygens (including phenoxy) is 3. The van der Waals surface area contributed by atoms with E-state index >= 15 is 0 Å². The molecule has 0 N–H and O–H groups in total. The van der Waals surface area contributed by atoms with Crippen LogP contribution in [0.5, 0.6) is 0 Å². The zero-order valence-corrected chi connectivity index (χ0v) is 39.9. The van der Waals surface area contributed by atoms with Crippen molar-refractivity contribution < 1.29 is 28.6 Å². The number of rotatable bonds is 45. The summed E-state index contributed by atoms with van der Waals surface area (Å²) in [5.41, 5.74) is 0. The van der Waals surface area contributed by atoms with Gasteiger partial charge in [-0.25, -0.2) is 0 Å². The number of carbonyl (C=O) groups is 3. The van der Waals surface area contributed by atoms with Crippen molar-refractivity contribution in [2.24, 2.45) is 0 Å². The van der Waals surface area contributed by atoms with Crippen molar-refractivity contribution in [2.45, 2.75) is 245 Å². The first kappa shape index (κ1) is 57.9. The second-order valence-corrected chi connectivity index (χ2v) is 16.7. The molecule has 0 spiro atoms. The smallest absolute Gasteiger partial charge is 0.306 e. The third kappa shape index (κ3) is 47.7. The van der Waals surface area contributed by atoms with E-state index in [0.29, 0.717) is 19.3 Å². The minimum Gasteiger partial charge on any atom is -0.462 e. The monoisotopic (exact) mass is 851 g/mol. The van der Waals surface area contributed by atoms with E-state index in [9.17, 15) is 14.4 Å². The Bertz CT molecular complexity index is 1160. The predicted octanol–water partition coefficient (Wildman–Crippen LogP) is 16.6. The second kappa shape index (κ2) is 49.5. The van der Waals surface area contributed by atoms with Crippen LogP contribution in [0.15, 0.2) is 72.9 Å². The quantitative estimate of drug-likeness (QED) is 0.0263. The van der Waals surface area contributed by atoms with Crippen molar-refractivity contribution in [1.29, 1.82) is 0 Å².